The fourth-order valence-electron chi connectivity index (χ4n) is 5.17. The Bertz CT molecular complexity index is 1960. The first-order chi connectivity index (χ1) is 18.8. The van der Waals surface area contributed by atoms with Crippen LogP contribution >= 0.6 is 15.9 Å². The second-order valence-corrected chi connectivity index (χ2v) is 9.40. The summed E-state index contributed by atoms with van der Waals surface area (Å²) in [6.07, 6.45) is 0. The maximum absolute atomic E-state index is 15.3. The molecule has 0 radical (unpaired) electrons. The molecule has 5 aromatic rings. The van der Waals surface area contributed by atoms with Gasteiger partial charge >= 0.3 is 5.69 Å². The first-order valence-electron chi connectivity index (χ1n) is 11.6. The third-order valence-corrected chi connectivity index (χ3v) is 7.45. The quantitative estimate of drug-likeness (QED) is 0.158. The third kappa shape index (κ3) is 3.48. The van der Waals surface area contributed by atoms with Crippen molar-refractivity contribution < 1.29 is 18.4 Å². The van der Waals surface area contributed by atoms with E-state index in [-0.39, 0.29) is 40.1 Å². The number of benzene rings is 3. The molecule has 3 aromatic carbocycles. The fourth-order valence-corrected chi connectivity index (χ4v) is 5.72. The molecule has 0 unspecified atom stereocenters. The summed E-state index contributed by atoms with van der Waals surface area (Å²) in [5.41, 5.74) is 0.493. The zero-order chi connectivity index (χ0) is 27.6. The van der Waals surface area contributed by atoms with Gasteiger partial charge < -0.3 is 4.74 Å². The molecule has 1 aliphatic rings. The van der Waals surface area contributed by atoms with Crippen molar-refractivity contribution >= 4 is 27.1 Å². The number of nitrogens with zero attached hydrogens (tertiary/aromatic N) is 4. The number of aromatic nitrogens is 3. The number of methoxy groups -OCH3 is 1. The Balaban J connectivity index is 1.81. The van der Waals surface area contributed by atoms with Crippen LogP contribution in [0.5, 0.6) is 5.75 Å². The number of ether oxygens (including phenoxy) is 1. The molecule has 0 fully saturated rings. The highest BCUT2D eigenvalue weighted by atomic mass is 79.9. The summed E-state index contributed by atoms with van der Waals surface area (Å²) < 4.78 is 38.9. The van der Waals surface area contributed by atoms with E-state index >= 15 is 8.78 Å². The van der Waals surface area contributed by atoms with Crippen LogP contribution in [0.3, 0.4) is 0 Å². The van der Waals surface area contributed by atoms with Gasteiger partial charge in [-0.1, -0.05) is 34.1 Å². The number of non-ortho nitro benzene ring substituents is 1. The van der Waals surface area contributed by atoms with Crippen LogP contribution in [0.15, 0.2) is 70.3 Å². The summed E-state index contributed by atoms with van der Waals surface area (Å²) >= 11 is 3.45. The zero-order valence-corrected chi connectivity index (χ0v) is 21.7. The lowest BCUT2D eigenvalue weighted by Gasteiger charge is -2.23. The van der Waals surface area contributed by atoms with Gasteiger partial charge in [-0.05, 0) is 35.9 Å². The van der Waals surface area contributed by atoms with E-state index in [1.54, 1.807) is 6.07 Å². The highest BCUT2D eigenvalue weighted by Crippen LogP contribution is 2.43. The average Bonchev–Trinajstić information content (AvgIpc) is 3.29. The van der Waals surface area contributed by atoms with Crippen LogP contribution in [-0.2, 0) is 11.9 Å². The predicted molar refractivity (Wildman–Crippen MR) is 143 cm³/mol. The molecule has 3 heterocycles. The molecular weight excluding hydrogens is 578 g/mol. The molecule has 0 saturated carbocycles. The van der Waals surface area contributed by atoms with Crippen LogP contribution in [-0.4, -0.2) is 25.8 Å². The lowest BCUT2D eigenvalue weighted by atomic mass is 9.94. The number of nitro benzene ring substituents is 1. The van der Waals surface area contributed by atoms with Crippen LogP contribution in [0, 0.1) is 21.7 Å². The average molecular weight is 595 g/mol. The second kappa shape index (κ2) is 9.02. The van der Waals surface area contributed by atoms with E-state index in [1.807, 2.05) is 0 Å². The van der Waals surface area contributed by atoms with Gasteiger partial charge in [0.2, 0.25) is 0 Å². The molecule has 0 amide bonds. The Morgan fingerprint density at radius 3 is 2.44 bits per heavy atom. The summed E-state index contributed by atoms with van der Waals surface area (Å²) in [7, 11) is 1.27. The van der Waals surface area contributed by atoms with Crippen LogP contribution < -0.4 is 16.0 Å². The number of rotatable bonds is 5. The van der Waals surface area contributed by atoms with Gasteiger partial charge in [0.25, 0.3) is 11.2 Å². The van der Waals surface area contributed by atoms with Crippen molar-refractivity contribution in [1.29, 1.82) is 0 Å². The smallest absolute Gasteiger partial charge is 0.351 e. The second-order valence-electron chi connectivity index (χ2n) is 8.84. The van der Waals surface area contributed by atoms with Crippen molar-refractivity contribution in [1.82, 2.24) is 13.8 Å². The molecule has 12 heteroatoms. The first kappa shape index (κ1) is 24.7. The van der Waals surface area contributed by atoms with Crippen molar-refractivity contribution in [2.45, 2.75) is 11.9 Å². The molecule has 6 rings (SSSR count). The Morgan fingerprint density at radius 2 is 1.77 bits per heavy atom. The Morgan fingerprint density at radius 1 is 1.05 bits per heavy atom. The van der Waals surface area contributed by atoms with Gasteiger partial charge in [-0.25, -0.2) is 27.3 Å². The van der Waals surface area contributed by atoms with Crippen molar-refractivity contribution in [3.63, 3.8) is 0 Å². The Kier molecular flexibility index (Phi) is 5.72. The molecule has 2 aromatic heterocycles. The number of nitro groups is 1. The molecular formula is C27H17BrF2N4O5. The van der Waals surface area contributed by atoms with Gasteiger partial charge in [-0.2, -0.15) is 0 Å². The Hall–Kier alpha value is -4.58. The van der Waals surface area contributed by atoms with Gasteiger partial charge in [-0.15, -0.1) is 0 Å². The SMILES string of the molecule is COc1cccc(-n2c(=O)c3c(CBr)c(-c4ccc([N+](=O)[O-])cc4)c4n3n(c2=O)Cc2c(F)cccc2-4)c1F. The fraction of sp³-hybridized carbons (Fsp3) is 0.111. The van der Waals surface area contributed by atoms with Gasteiger partial charge in [0, 0.05) is 39.7 Å². The lowest BCUT2D eigenvalue weighted by Crippen LogP contribution is -2.44. The number of hydrogen-bond donors (Lipinski definition) is 0. The third-order valence-electron chi connectivity index (χ3n) is 6.89. The first-order valence-corrected chi connectivity index (χ1v) is 12.8. The van der Waals surface area contributed by atoms with Crippen molar-refractivity contribution in [2.75, 3.05) is 7.11 Å². The van der Waals surface area contributed by atoms with E-state index in [4.69, 9.17) is 4.74 Å². The highest BCUT2D eigenvalue weighted by Gasteiger charge is 2.33. The van der Waals surface area contributed by atoms with E-state index in [2.05, 4.69) is 15.9 Å². The van der Waals surface area contributed by atoms with Crippen LogP contribution in [0.25, 0.3) is 33.6 Å². The topological polar surface area (TPSA) is 101 Å². The minimum Gasteiger partial charge on any atom is -0.494 e. The minimum atomic E-state index is -0.901. The monoisotopic (exact) mass is 594 g/mol. The minimum absolute atomic E-state index is 0.0759. The van der Waals surface area contributed by atoms with E-state index in [9.17, 15) is 19.7 Å². The highest BCUT2D eigenvalue weighted by molar-refractivity contribution is 9.08. The molecule has 0 aliphatic carbocycles. The van der Waals surface area contributed by atoms with E-state index in [1.165, 1.54) is 70.9 Å². The van der Waals surface area contributed by atoms with Crippen LogP contribution in [0.2, 0.25) is 0 Å². The molecule has 196 valence electrons. The predicted octanol–water partition coefficient (Wildman–Crippen LogP) is 5.04. The molecule has 0 saturated heterocycles. The molecule has 0 bridgehead atoms. The van der Waals surface area contributed by atoms with Gasteiger partial charge in [-0.3, -0.25) is 14.9 Å². The van der Waals surface area contributed by atoms with Crippen LogP contribution in [0.4, 0.5) is 14.5 Å². The Labute approximate surface area is 226 Å². The summed E-state index contributed by atoms with van der Waals surface area (Å²) in [6, 6.07) is 14.3. The number of halogens is 3. The van der Waals surface area contributed by atoms with E-state index in [0.717, 1.165) is 0 Å². The maximum Gasteiger partial charge on any atom is 0.351 e. The van der Waals surface area contributed by atoms with E-state index in [0.29, 0.717) is 32.5 Å². The van der Waals surface area contributed by atoms with Gasteiger partial charge in [0.1, 0.15) is 11.3 Å². The molecule has 1 aliphatic heterocycles. The molecule has 0 spiro atoms. The number of alkyl halides is 1. The summed E-state index contributed by atoms with van der Waals surface area (Å²) in [5.74, 6) is -1.61. The largest absolute Gasteiger partial charge is 0.494 e. The van der Waals surface area contributed by atoms with Crippen molar-refractivity contribution in [2.24, 2.45) is 0 Å². The summed E-state index contributed by atoms with van der Waals surface area (Å²) in [5, 5.41) is 11.4. The van der Waals surface area contributed by atoms with Crippen LogP contribution in [0.1, 0.15) is 11.1 Å². The summed E-state index contributed by atoms with van der Waals surface area (Å²) in [6.45, 7) is -0.216. The van der Waals surface area contributed by atoms with Crippen molar-refractivity contribution in [3.8, 4) is 33.8 Å². The van der Waals surface area contributed by atoms with Gasteiger partial charge in [0.15, 0.2) is 11.6 Å². The molecule has 39 heavy (non-hydrogen) atoms. The molecule has 0 N–H and O–H groups in total. The van der Waals surface area contributed by atoms with Gasteiger partial charge in [0.05, 0.1) is 30.0 Å². The van der Waals surface area contributed by atoms with E-state index < -0.39 is 27.8 Å². The number of fused-ring (bicyclic) bond motifs is 2. The summed E-state index contributed by atoms with van der Waals surface area (Å²) in [4.78, 5) is 38.6. The standard InChI is InChI=1S/C27H17BrF2N4O5/c1-39-21-7-3-6-20(23(21)30)32-26(35)25-17(12-28)22(14-8-10-15(11-9-14)34(37)38)24-16-4-2-5-19(29)18(16)13-31(27(32)36)33(24)25/h2-11H,12-13H2,1H3. The maximum atomic E-state index is 15.3. The molecule has 0 atom stereocenters. The number of hydrogen-bond acceptors (Lipinski definition) is 5. The van der Waals surface area contributed by atoms with Crippen molar-refractivity contribution in [3.05, 3.63) is 114 Å². The lowest BCUT2D eigenvalue weighted by molar-refractivity contribution is -0.384. The normalized spacial score (nSPS) is 12.0. The zero-order valence-electron chi connectivity index (χ0n) is 20.2. The molecule has 9 nitrogen and oxygen atoms in total.